The third-order valence-corrected chi connectivity index (χ3v) is 2.85. The van der Waals surface area contributed by atoms with Crippen LogP contribution >= 0.6 is 0 Å². The minimum Gasteiger partial charge on any atom is -0.396 e. The van der Waals surface area contributed by atoms with Gasteiger partial charge in [0.1, 0.15) is 0 Å². The number of nitrogens with two attached hydrogens (primary N) is 1. The first-order valence-electron chi connectivity index (χ1n) is 5.73. The van der Waals surface area contributed by atoms with Crippen LogP contribution in [0.3, 0.4) is 0 Å². The maximum Gasteiger partial charge on any atom is 0.435 e. The second-order valence-electron chi connectivity index (χ2n) is 4.23. The highest BCUT2D eigenvalue weighted by Gasteiger charge is 2.34. The summed E-state index contributed by atoms with van der Waals surface area (Å²) < 4.78 is 39.3. The standard InChI is InChI=1S/C13H9F3N4/c14-13(15,16)10-6-11-18-7-9(17)12(20(11)19-10)8-4-2-1-3-5-8/h1-7H,17H2. The maximum absolute atomic E-state index is 12.7. The van der Waals surface area contributed by atoms with Crippen LogP contribution in [0.1, 0.15) is 5.69 Å². The molecular formula is C13H9F3N4. The molecule has 2 aromatic heterocycles. The number of fused-ring (bicyclic) bond motifs is 1. The van der Waals surface area contributed by atoms with Crippen LogP contribution in [-0.2, 0) is 6.18 Å². The number of aromatic nitrogens is 3. The van der Waals surface area contributed by atoms with Crippen molar-refractivity contribution in [2.75, 3.05) is 5.73 Å². The molecule has 0 bridgehead atoms. The zero-order chi connectivity index (χ0) is 14.3. The molecule has 1 aromatic carbocycles. The highest BCUT2D eigenvalue weighted by atomic mass is 19.4. The normalized spacial score (nSPS) is 11.9. The third-order valence-electron chi connectivity index (χ3n) is 2.85. The molecule has 0 aliphatic heterocycles. The van der Waals surface area contributed by atoms with Gasteiger partial charge in [-0.2, -0.15) is 18.3 Å². The molecule has 0 radical (unpaired) electrons. The van der Waals surface area contributed by atoms with E-state index in [2.05, 4.69) is 10.1 Å². The van der Waals surface area contributed by atoms with Crippen molar-refractivity contribution in [3.8, 4) is 11.3 Å². The van der Waals surface area contributed by atoms with Gasteiger partial charge in [0.25, 0.3) is 0 Å². The number of nitrogens with zero attached hydrogens (tertiary/aromatic N) is 3. The number of alkyl halides is 3. The quantitative estimate of drug-likeness (QED) is 0.744. The summed E-state index contributed by atoms with van der Waals surface area (Å²) in [6, 6.07) is 9.75. The molecule has 0 aliphatic rings. The Bertz CT molecular complexity index is 762. The van der Waals surface area contributed by atoms with Gasteiger partial charge in [0, 0.05) is 11.6 Å². The van der Waals surface area contributed by atoms with E-state index in [0.717, 1.165) is 10.6 Å². The van der Waals surface area contributed by atoms with E-state index in [1.807, 2.05) is 6.07 Å². The van der Waals surface area contributed by atoms with Crippen LogP contribution in [0.4, 0.5) is 18.9 Å². The van der Waals surface area contributed by atoms with Gasteiger partial charge in [0.15, 0.2) is 11.3 Å². The van der Waals surface area contributed by atoms with E-state index in [1.54, 1.807) is 24.3 Å². The van der Waals surface area contributed by atoms with Crippen molar-refractivity contribution in [3.05, 3.63) is 48.3 Å². The number of rotatable bonds is 1. The molecule has 0 amide bonds. The lowest BCUT2D eigenvalue weighted by Crippen LogP contribution is -2.07. The summed E-state index contributed by atoms with van der Waals surface area (Å²) in [4.78, 5) is 3.88. The summed E-state index contributed by atoms with van der Waals surface area (Å²) in [6.07, 6.45) is -3.18. The van der Waals surface area contributed by atoms with E-state index in [1.165, 1.54) is 6.20 Å². The van der Waals surface area contributed by atoms with Gasteiger partial charge in [-0.3, -0.25) is 0 Å². The predicted octanol–water partition coefficient (Wildman–Crippen LogP) is 3.00. The van der Waals surface area contributed by atoms with Crippen molar-refractivity contribution in [2.24, 2.45) is 0 Å². The topological polar surface area (TPSA) is 56.2 Å². The lowest BCUT2D eigenvalue weighted by atomic mass is 10.1. The second-order valence-corrected chi connectivity index (χ2v) is 4.23. The molecule has 0 atom stereocenters. The molecule has 3 aromatic rings. The van der Waals surface area contributed by atoms with E-state index >= 15 is 0 Å². The van der Waals surface area contributed by atoms with Gasteiger partial charge in [-0.15, -0.1) is 0 Å². The molecule has 7 heteroatoms. The number of halogens is 3. The number of hydrogen-bond donors (Lipinski definition) is 1. The molecule has 3 rings (SSSR count). The number of hydrogen-bond acceptors (Lipinski definition) is 3. The Morgan fingerprint density at radius 2 is 1.80 bits per heavy atom. The summed E-state index contributed by atoms with van der Waals surface area (Å²) in [7, 11) is 0. The molecule has 20 heavy (non-hydrogen) atoms. The number of nitrogen functional groups attached to an aromatic ring is 1. The van der Waals surface area contributed by atoms with Gasteiger partial charge in [-0.05, 0) is 0 Å². The Labute approximate surface area is 111 Å². The largest absolute Gasteiger partial charge is 0.435 e. The smallest absolute Gasteiger partial charge is 0.396 e. The minimum absolute atomic E-state index is 0.102. The fourth-order valence-electron chi connectivity index (χ4n) is 1.97. The van der Waals surface area contributed by atoms with Crippen molar-refractivity contribution in [2.45, 2.75) is 6.18 Å². The Kier molecular flexibility index (Phi) is 2.63. The fraction of sp³-hybridized carbons (Fsp3) is 0.0769. The van der Waals surface area contributed by atoms with Crippen molar-refractivity contribution in [3.63, 3.8) is 0 Å². The van der Waals surface area contributed by atoms with Gasteiger partial charge in [-0.1, -0.05) is 30.3 Å². The van der Waals surface area contributed by atoms with Crippen molar-refractivity contribution < 1.29 is 13.2 Å². The monoisotopic (exact) mass is 278 g/mol. The molecule has 0 spiro atoms. The van der Waals surface area contributed by atoms with Crippen LogP contribution in [-0.4, -0.2) is 14.6 Å². The van der Waals surface area contributed by atoms with Crippen molar-refractivity contribution in [1.82, 2.24) is 14.6 Å². The van der Waals surface area contributed by atoms with Crippen molar-refractivity contribution >= 4 is 11.3 Å². The van der Waals surface area contributed by atoms with Gasteiger partial charge in [0.2, 0.25) is 0 Å². The van der Waals surface area contributed by atoms with Crippen LogP contribution in [0.15, 0.2) is 42.6 Å². The van der Waals surface area contributed by atoms with Gasteiger partial charge in [0.05, 0.1) is 17.6 Å². The SMILES string of the molecule is Nc1cnc2cc(C(F)(F)F)nn2c1-c1ccccc1. The number of benzene rings is 1. The van der Waals surface area contributed by atoms with Gasteiger partial charge >= 0.3 is 6.18 Å². The summed E-state index contributed by atoms with van der Waals surface area (Å²) >= 11 is 0. The molecule has 2 N–H and O–H groups in total. The highest BCUT2D eigenvalue weighted by molar-refractivity contribution is 5.74. The van der Waals surface area contributed by atoms with Gasteiger partial charge in [-0.25, -0.2) is 9.50 Å². The van der Waals surface area contributed by atoms with E-state index in [4.69, 9.17) is 5.73 Å². The average molecular weight is 278 g/mol. The van der Waals surface area contributed by atoms with E-state index in [9.17, 15) is 13.2 Å². The summed E-state index contributed by atoms with van der Waals surface area (Å²) in [6.45, 7) is 0. The lowest BCUT2D eigenvalue weighted by Gasteiger charge is -2.07. The first-order chi connectivity index (χ1) is 9.47. The zero-order valence-electron chi connectivity index (χ0n) is 10.1. The molecule has 0 fully saturated rings. The van der Waals surface area contributed by atoms with E-state index < -0.39 is 11.9 Å². The van der Waals surface area contributed by atoms with Crippen molar-refractivity contribution in [1.29, 1.82) is 0 Å². The van der Waals surface area contributed by atoms with Crippen LogP contribution in [0.2, 0.25) is 0 Å². The Morgan fingerprint density at radius 1 is 1.10 bits per heavy atom. The lowest BCUT2D eigenvalue weighted by molar-refractivity contribution is -0.141. The molecule has 102 valence electrons. The van der Waals surface area contributed by atoms with Crippen LogP contribution in [0.25, 0.3) is 16.9 Å². The predicted molar refractivity (Wildman–Crippen MR) is 67.8 cm³/mol. The Morgan fingerprint density at radius 3 is 2.45 bits per heavy atom. The van der Waals surface area contributed by atoms with Crippen LogP contribution in [0.5, 0.6) is 0 Å². The van der Waals surface area contributed by atoms with E-state index in [-0.39, 0.29) is 11.3 Å². The zero-order valence-corrected chi connectivity index (χ0v) is 10.1. The molecule has 0 aliphatic carbocycles. The highest BCUT2D eigenvalue weighted by Crippen LogP contribution is 2.31. The average Bonchev–Trinajstić information content (AvgIpc) is 2.83. The summed E-state index contributed by atoms with van der Waals surface area (Å²) in [5, 5.41) is 3.57. The molecule has 4 nitrogen and oxygen atoms in total. The fourth-order valence-corrected chi connectivity index (χ4v) is 1.97. The first-order valence-corrected chi connectivity index (χ1v) is 5.73. The van der Waals surface area contributed by atoms with E-state index in [0.29, 0.717) is 11.3 Å². The second kappa shape index (κ2) is 4.22. The maximum atomic E-state index is 12.7. The molecule has 0 saturated heterocycles. The molecule has 2 heterocycles. The Hall–Kier alpha value is -2.57. The number of anilines is 1. The summed E-state index contributed by atoms with van der Waals surface area (Å²) in [5.41, 5.74) is 6.28. The molecular weight excluding hydrogens is 269 g/mol. The molecule has 0 saturated carbocycles. The van der Waals surface area contributed by atoms with Crippen LogP contribution < -0.4 is 5.73 Å². The first kappa shape index (κ1) is 12.5. The summed E-state index contributed by atoms with van der Waals surface area (Å²) in [5.74, 6) is 0. The van der Waals surface area contributed by atoms with Gasteiger partial charge < -0.3 is 5.73 Å². The third kappa shape index (κ3) is 1.97. The minimum atomic E-state index is -4.52. The van der Waals surface area contributed by atoms with Crippen LogP contribution in [0, 0.1) is 0 Å². The molecule has 0 unspecified atom stereocenters. The Balaban J connectivity index is 2.31.